The summed E-state index contributed by atoms with van der Waals surface area (Å²) in [6.45, 7) is 2.21. The van der Waals surface area contributed by atoms with Crippen molar-refractivity contribution in [1.82, 2.24) is 0 Å². The Bertz CT molecular complexity index is 516. The minimum Gasteiger partial charge on any atom is -0.469 e. The van der Waals surface area contributed by atoms with E-state index in [1.807, 2.05) is 18.2 Å². The van der Waals surface area contributed by atoms with Gasteiger partial charge in [0.25, 0.3) is 0 Å². The van der Waals surface area contributed by atoms with Crippen molar-refractivity contribution in [3.05, 3.63) is 24.3 Å². The molecular weight excluding hydrogens is 328 g/mol. The standard InChI is InChI=1S/C22H34O4/c1-3-16-14-18(15-16)20(23)12-10-17-11-13-21(24)19(17)8-6-4-5-7-9-22(25)26-2/h10-13,16-20,23H,3-9,14-15H2,1-2H3/b12-10+/t16?,17-,18?,19+,20?/m0/s1. The van der Waals surface area contributed by atoms with Gasteiger partial charge in [0.05, 0.1) is 13.2 Å². The van der Waals surface area contributed by atoms with Crippen molar-refractivity contribution in [3.63, 3.8) is 0 Å². The van der Waals surface area contributed by atoms with E-state index in [4.69, 9.17) is 0 Å². The number of aliphatic hydroxyl groups excluding tert-OH is 1. The van der Waals surface area contributed by atoms with Crippen molar-refractivity contribution in [2.45, 2.75) is 70.8 Å². The van der Waals surface area contributed by atoms with Gasteiger partial charge in [-0.3, -0.25) is 9.59 Å². The third kappa shape index (κ3) is 6.08. The summed E-state index contributed by atoms with van der Waals surface area (Å²) in [4.78, 5) is 23.2. The summed E-state index contributed by atoms with van der Waals surface area (Å²) in [7, 11) is 1.42. The van der Waals surface area contributed by atoms with Crippen LogP contribution in [0.2, 0.25) is 0 Å². The van der Waals surface area contributed by atoms with E-state index in [2.05, 4.69) is 11.7 Å². The van der Waals surface area contributed by atoms with Gasteiger partial charge in [-0.15, -0.1) is 0 Å². The highest BCUT2D eigenvalue weighted by Crippen LogP contribution is 2.38. The third-order valence-electron chi connectivity index (χ3n) is 6.05. The zero-order valence-electron chi connectivity index (χ0n) is 16.2. The van der Waals surface area contributed by atoms with E-state index in [1.54, 1.807) is 6.08 Å². The molecule has 0 heterocycles. The molecule has 0 spiro atoms. The smallest absolute Gasteiger partial charge is 0.305 e. The molecule has 2 aliphatic carbocycles. The van der Waals surface area contributed by atoms with Crippen LogP contribution in [-0.4, -0.2) is 30.1 Å². The zero-order valence-corrected chi connectivity index (χ0v) is 16.2. The molecule has 1 saturated carbocycles. The number of carbonyl (C=O) groups is 2. The van der Waals surface area contributed by atoms with Gasteiger partial charge in [-0.25, -0.2) is 0 Å². The second kappa shape index (κ2) is 10.7. The van der Waals surface area contributed by atoms with Crippen LogP contribution in [0.3, 0.4) is 0 Å². The number of allylic oxidation sites excluding steroid dienone is 3. The van der Waals surface area contributed by atoms with Crippen LogP contribution < -0.4 is 0 Å². The van der Waals surface area contributed by atoms with E-state index in [1.165, 1.54) is 13.5 Å². The van der Waals surface area contributed by atoms with Crippen LogP contribution in [0.4, 0.5) is 0 Å². The Morgan fingerprint density at radius 3 is 2.73 bits per heavy atom. The molecule has 0 aromatic heterocycles. The minimum absolute atomic E-state index is 0.0174. The number of ether oxygens (including phenoxy) is 1. The van der Waals surface area contributed by atoms with Gasteiger partial charge in [-0.2, -0.15) is 0 Å². The number of rotatable bonds is 11. The highest BCUT2D eigenvalue weighted by Gasteiger charge is 2.32. The Morgan fingerprint density at radius 2 is 2.04 bits per heavy atom. The van der Waals surface area contributed by atoms with Crippen molar-refractivity contribution < 1.29 is 19.4 Å². The molecule has 2 aliphatic rings. The number of aliphatic hydroxyl groups is 1. The summed E-state index contributed by atoms with van der Waals surface area (Å²) in [6, 6.07) is 0. The van der Waals surface area contributed by atoms with Crippen LogP contribution >= 0.6 is 0 Å². The molecule has 0 aromatic rings. The first-order chi connectivity index (χ1) is 12.5. The first kappa shape index (κ1) is 20.9. The summed E-state index contributed by atoms with van der Waals surface area (Å²) in [5.74, 6) is 1.37. The number of ketones is 1. The predicted octanol–water partition coefficient (Wildman–Crippen LogP) is 4.22. The Labute approximate surface area is 157 Å². The molecule has 146 valence electrons. The third-order valence-corrected chi connectivity index (χ3v) is 6.05. The molecule has 0 saturated heterocycles. The fraction of sp³-hybridized carbons (Fsp3) is 0.727. The summed E-state index contributed by atoms with van der Waals surface area (Å²) in [6.07, 6.45) is 15.9. The van der Waals surface area contributed by atoms with Gasteiger partial charge >= 0.3 is 5.97 Å². The summed E-state index contributed by atoms with van der Waals surface area (Å²) < 4.78 is 4.63. The molecule has 4 heteroatoms. The van der Waals surface area contributed by atoms with Crippen LogP contribution in [0.15, 0.2) is 24.3 Å². The molecule has 0 bridgehead atoms. The minimum atomic E-state index is -0.374. The average molecular weight is 363 g/mol. The lowest BCUT2D eigenvalue weighted by Crippen LogP contribution is -2.32. The van der Waals surface area contributed by atoms with E-state index < -0.39 is 0 Å². The van der Waals surface area contributed by atoms with Crippen LogP contribution in [0.5, 0.6) is 0 Å². The number of carbonyl (C=O) groups excluding carboxylic acids is 2. The van der Waals surface area contributed by atoms with Gasteiger partial charge in [0.1, 0.15) is 0 Å². The van der Waals surface area contributed by atoms with Crippen LogP contribution in [0.1, 0.15) is 64.7 Å². The molecule has 1 unspecified atom stereocenters. The average Bonchev–Trinajstić information content (AvgIpc) is 2.95. The van der Waals surface area contributed by atoms with Gasteiger partial charge < -0.3 is 9.84 Å². The second-order valence-corrected chi connectivity index (χ2v) is 7.86. The largest absolute Gasteiger partial charge is 0.469 e. The fourth-order valence-electron chi connectivity index (χ4n) is 4.07. The highest BCUT2D eigenvalue weighted by atomic mass is 16.5. The van der Waals surface area contributed by atoms with Crippen LogP contribution in [0, 0.1) is 23.7 Å². The monoisotopic (exact) mass is 362 g/mol. The van der Waals surface area contributed by atoms with E-state index >= 15 is 0 Å². The molecule has 0 amide bonds. The first-order valence-electron chi connectivity index (χ1n) is 10.2. The fourth-order valence-corrected chi connectivity index (χ4v) is 4.07. The molecular formula is C22H34O4. The van der Waals surface area contributed by atoms with Gasteiger partial charge in [0, 0.05) is 18.3 Å². The Hall–Kier alpha value is -1.42. The van der Waals surface area contributed by atoms with Crippen LogP contribution in [-0.2, 0) is 14.3 Å². The van der Waals surface area contributed by atoms with E-state index in [-0.39, 0.29) is 29.7 Å². The van der Waals surface area contributed by atoms with Crippen molar-refractivity contribution in [3.8, 4) is 0 Å². The Morgan fingerprint density at radius 1 is 1.31 bits per heavy atom. The molecule has 3 atom stereocenters. The van der Waals surface area contributed by atoms with Crippen molar-refractivity contribution in [2.75, 3.05) is 7.11 Å². The van der Waals surface area contributed by atoms with Crippen molar-refractivity contribution in [1.29, 1.82) is 0 Å². The maximum Gasteiger partial charge on any atom is 0.305 e. The topological polar surface area (TPSA) is 63.6 Å². The lowest BCUT2D eigenvalue weighted by atomic mass is 9.71. The second-order valence-electron chi connectivity index (χ2n) is 7.86. The summed E-state index contributed by atoms with van der Waals surface area (Å²) in [5.41, 5.74) is 0. The van der Waals surface area contributed by atoms with Crippen LogP contribution in [0.25, 0.3) is 0 Å². The van der Waals surface area contributed by atoms with Gasteiger partial charge in [-0.05, 0) is 43.6 Å². The van der Waals surface area contributed by atoms with E-state index in [9.17, 15) is 14.7 Å². The number of hydrogen-bond donors (Lipinski definition) is 1. The predicted molar refractivity (Wildman–Crippen MR) is 102 cm³/mol. The molecule has 2 rings (SSSR count). The Kier molecular flexibility index (Phi) is 8.56. The molecule has 0 aliphatic heterocycles. The molecule has 1 fully saturated rings. The Balaban J connectivity index is 1.68. The quantitative estimate of drug-likeness (QED) is 0.339. The molecule has 0 radical (unpaired) electrons. The zero-order chi connectivity index (χ0) is 18.9. The normalized spacial score (nSPS) is 29.1. The van der Waals surface area contributed by atoms with E-state index in [0.29, 0.717) is 12.3 Å². The van der Waals surface area contributed by atoms with E-state index in [0.717, 1.165) is 50.9 Å². The summed E-state index contributed by atoms with van der Waals surface area (Å²) >= 11 is 0. The molecule has 0 aromatic carbocycles. The maximum absolute atomic E-state index is 12.1. The number of hydrogen-bond acceptors (Lipinski definition) is 4. The lowest BCUT2D eigenvalue weighted by Gasteiger charge is -2.37. The number of esters is 1. The molecule has 26 heavy (non-hydrogen) atoms. The SMILES string of the molecule is CCC1CC(C(O)/C=C/[C@H]2C=CC(=O)[C@@H]2CCCCCCC(=O)OC)C1. The number of methoxy groups -OCH3 is 1. The first-order valence-corrected chi connectivity index (χ1v) is 10.2. The number of unbranched alkanes of at least 4 members (excludes halogenated alkanes) is 3. The molecule has 4 nitrogen and oxygen atoms in total. The van der Waals surface area contributed by atoms with Gasteiger partial charge in [0.15, 0.2) is 5.78 Å². The maximum atomic E-state index is 12.1. The molecule has 1 N–H and O–H groups in total. The van der Waals surface area contributed by atoms with Gasteiger partial charge in [0.2, 0.25) is 0 Å². The van der Waals surface area contributed by atoms with Crippen molar-refractivity contribution in [2.24, 2.45) is 23.7 Å². The van der Waals surface area contributed by atoms with Gasteiger partial charge in [-0.1, -0.05) is 50.8 Å². The summed E-state index contributed by atoms with van der Waals surface area (Å²) in [5, 5.41) is 10.3. The highest BCUT2D eigenvalue weighted by molar-refractivity contribution is 5.94. The van der Waals surface area contributed by atoms with Crippen molar-refractivity contribution >= 4 is 11.8 Å². The lowest BCUT2D eigenvalue weighted by molar-refractivity contribution is -0.140.